The van der Waals surface area contributed by atoms with Crippen LogP contribution >= 0.6 is 0 Å². The van der Waals surface area contributed by atoms with Crippen molar-refractivity contribution >= 4 is 5.65 Å². The van der Waals surface area contributed by atoms with Gasteiger partial charge in [-0.2, -0.15) is 0 Å². The first-order chi connectivity index (χ1) is 9.15. The minimum Gasteiger partial charge on any atom is -0.269 e. The summed E-state index contributed by atoms with van der Waals surface area (Å²) in [6.45, 7) is 1.85. The number of aromatic nitrogens is 2. The molecule has 4 heteroatoms. The Morgan fingerprint density at radius 3 is 2.58 bits per heavy atom. The largest absolute Gasteiger partial charge is 0.269 e. The van der Waals surface area contributed by atoms with Crippen molar-refractivity contribution in [1.82, 2.24) is 9.38 Å². The smallest absolute Gasteiger partial charge is 0.258 e. The minimum atomic E-state index is -0.308. The van der Waals surface area contributed by atoms with Gasteiger partial charge in [0.25, 0.3) is 5.56 Å². The molecule has 0 spiro atoms. The molecule has 0 amide bonds. The fourth-order valence-electron chi connectivity index (χ4n) is 2.08. The van der Waals surface area contributed by atoms with Crippen LogP contribution in [-0.4, -0.2) is 9.38 Å². The number of hydrogen-bond acceptors (Lipinski definition) is 2. The molecule has 0 aliphatic heterocycles. The van der Waals surface area contributed by atoms with E-state index >= 15 is 0 Å². The molecule has 0 atom stereocenters. The van der Waals surface area contributed by atoms with Crippen LogP contribution in [0.2, 0.25) is 0 Å². The standard InChI is InChI=1S/C15H11FN2O/c1-10-3-2-4-14-17-13(9-15(19)18(10)14)11-5-7-12(16)8-6-11/h2-9H,1H3. The number of nitrogens with zero attached hydrogens (tertiary/aromatic N) is 2. The van der Waals surface area contributed by atoms with E-state index in [2.05, 4.69) is 4.98 Å². The maximum atomic E-state index is 12.9. The van der Waals surface area contributed by atoms with E-state index in [4.69, 9.17) is 0 Å². The highest BCUT2D eigenvalue weighted by molar-refractivity contribution is 5.61. The van der Waals surface area contributed by atoms with Gasteiger partial charge in [0, 0.05) is 17.3 Å². The van der Waals surface area contributed by atoms with E-state index in [1.54, 1.807) is 22.6 Å². The predicted octanol–water partition coefficient (Wildman–Crippen LogP) is 2.81. The third kappa shape index (κ3) is 2.01. The summed E-state index contributed by atoms with van der Waals surface area (Å²) in [6.07, 6.45) is 0. The summed E-state index contributed by atoms with van der Waals surface area (Å²) in [5, 5.41) is 0. The van der Waals surface area contributed by atoms with Crippen molar-refractivity contribution in [2.24, 2.45) is 0 Å². The number of aryl methyl sites for hydroxylation is 1. The second-order valence-electron chi connectivity index (χ2n) is 4.35. The molecular formula is C15H11FN2O. The van der Waals surface area contributed by atoms with Crippen LogP contribution in [-0.2, 0) is 0 Å². The number of halogens is 1. The summed E-state index contributed by atoms with van der Waals surface area (Å²) in [5.74, 6) is -0.308. The first-order valence-electron chi connectivity index (χ1n) is 5.90. The lowest BCUT2D eigenvalue weighted by molar-refractivity contribution is 0.628. The number of pyridine rings is 1. The summed E-state index contributed by atoms with van der Waals surface area (Å²) in [7, 11) is 0. The van der Waals surface area contributed by atoms with Crippen molar-refractivity contribution in [3.63, 3.8) is 0 Å². The van der Waals surface area contributed by atoms with Gasteiger partial charge >= 0.3 is 0 Å². The van der Waals surface area contributed by atoms with Crippen molar-refractivity contribution in [2.45, 2.75) is 6.92 Å². The van der Waals surface area contributed by atoms with E-state index < -0.39 is 0 Å². The topological polar surface area (TPSA) is 34.4 Å². The SMILES string of the molecule is Cc1cccc2nc(-c3ccc(F)cc3)cc(=O)n12. The molecule has 3 aromatic rings. The van der Waals surface area contributed by atoms with E-state index in [1.807, 2.05) is 19.1 Å². The lowest BCUT2D eigenvalue weighted by Crippen LogP contribution is -2.16. The first kappa shape index (κ1) is 11.6. The lowest BCUT2D eigenvalue weighted by Gasteiger charge is -2.06. The van der Waals surface area contributed by atoms with E-state index in [9.17, 15) is 9.18 Å². The van der Waals surface area contributed by atoms with Gasteiger partial charge in [0.1, 0.15) is 11.5 Å². The Morgan fingerprint density at radius 1 is 1.11 bits per heavy atom. The molecule has 0 saturated carbocycles. The van der Waals surface area contributed by atoms with Gasteiger partial charge in [0.05, 0.1) is 5.69 Å². The highest BCUT2D eigenvalue weighted by Gasteiger charge is 2.06. The molecule has 3 rings (SSSR count). The fraction of sp³-hybridized carbons (Fsp3) is 0.0667. The van der Waals surface area contributed by atoms with Gasteiger partial charge in [0.15, 0.2) is 0 Å². The molecule has 0 unspecified atom stereocenters. The maximum Gasteiger partial charge on any atom is 0.258 e. The van der Waals surface area contributed by atoms with Crippen LogP contribution in [0.15, 0.2) is 53.3 Å². The summed E-state index contributed by atoms with van der Waals surface area (Å²) in [6, 6.07) is 12.9. The predicted molar refractivity (Wildman–Crippen MR) is 71.6 cm³/mol. The maximum absolute atomic E-state index is 12.9. The molecule has 0 radical (unpaired) electrons. The molecule has 0 saturated heterocycles. The molecule has 1 aromatic carbocycles. The Kier molecular flexibility index (Phi) is 2.63. The quantitative estimate of drug-likeness (QED) is 0.669. The molecule has 2 heterocycles. The average molecular weight is 254 g/mol. The Morgan fingerprint density at radius 2 is 1.84 bits per heavy atom. The number of hydrogen-bond donors (Lipinski definition) is 0. The van der Waals surface area contributed by atoms with Crippen LogP contribution in [0.4, 0.5) is 4.39 Å². The Balaban J connectivity index is 2.27. The molecule has 2 aromatic heterocycles. The average Bonchev–Trinajstić information content (AvgIpc) is 2.39. The summed E-state index contributed by atoms with van der Waals surface area (Å²) < 4.78 is 14.4. The lowest BCUT2D eigenvalue weighted by atomic mass is 10.1. The third-order valence-corrected chi connectivity index (χ3v) is 3.02. The molecule has 19 heavy (non-hydrogen) atoms. The zero-order valence-corrected chi connectivity index (χ0v) is 10.3. The van der Waals surface area contributed by atoms with E-state index in [-0.39, 0.29) is 11.4 Å². The van der Waals surface area contributed by atoms with Gasteiger partial charge in [0.2, 0.25) is 0 Å². The third-order valence-electron chi connectivity index (χ3n) is 3.02. The number of fused-ring (bicyclic) bond motifs is 1. The van der Waals surface area contributed by atoms with Crippen molar-refractivity contribution in [2.75, 3.05) is 0 Å². The van der Waals surface area contributed by atoms with Crippen molar-refractivity contribution in [3.05, 3.63) is 70.4 Å². The normalized spacial score (nSPS) is 10.8. The molecule has 0 aliphatic carbocycles. The molecule has 0 aliphatic rings. The Labute approximate surface area is 109 Å². The summed E-state index contributed by atoms with van der Waals surface area (Å²) >= 11 is 0. The van der Waals surface area contributed by atoms with Gasteiger partial charge in [-0.15, -0.1) is 0 Å². The van der Waals surface area contributed by atoms with E-state index in [0.29, 0.717) is 11.3 Å². The monoisotopic (exact) mass is 254 g/mol. The molecule has 0 bridgehead atoms. The zero-order chi connectivity index (χ0) is 13.4. The highest BCUT2D eigenvalue weighted by atomic mass is 19.1. The highest BCUT2D eigenvalue weighted by Crippen LogP contribution is 2.16. The zero-order valence-electron chi connectivity index (χ0n) is 10.3. The van der Waals surface area contributed by atoms with Gasteiger partial charge in [-0.25, -0.2) is 9.37 Å². The van der Waals surface area contributed by atoms with Crippen LogP contribution in [0, 0.1) is 12.7 Å². The van der Waals surface area contributed by atoms with Crippen LogP contribution in [0.25, 0.3) is 16.9 Å². The Hall–Kier alpha value is -2.49. The van der Waals surface area contributed by atoms with E-state index in [1.165, 1.54) is 18.2 Å². The van der Waals surface area contributed by atoms with Crippen LogP contribution < -0.4 is 5.56 Å². The van der Waals surface area contributed by atoms with Crippen molar-refractivity contribution in [3.8, 4) is 11.3 Å². The first-order valence-corrected chi connectivity index (χ1v) is 5.90. The minimum absolute atomic E-state index is 0.137. The second kappa shape index (κ2) is 4.31. The van der Waals surface area contributed by atoms with Crippen molar-refractivity contribution < 1.29 is 4.39 Å². The summed E-state index contributed by atoms with van der Waals surface area (Å²) in [4.78, 5) is 16.5. The Bertz CT molecular complexity index is 806. The van der Waals surface area contributed by atoms with Crippen LogP contribution in [0.3, 0.4) is 0 Å². The van der Waals surface area contributed by atoms with Gasteiger partial charge in [-0.3, -0.25) is 9.20 Å². The number of benzene rings is 1. The molecule has 3 nitrogen and oxygen atoms in total. The van der Waals surface area contributed by atoms with Gasteiger partial charge in [-0.05, 0) is 43.3 Å². The van der Waals surface area contributed by atoms with Gasteiger partial charge in [-0.1, -0.05) is 6.07 Å². The molecule has 94 valence electrons. The second-order valence-corrected chi connectivity index (χ2v) is 4.35. The summed E-state index contributed by atoms with van der Waals surface area (Å²) in [5.41, 5.74) is 2.56. The van der Waals surface area contributed by atoms with Crippen molar-refractivity contribution in [1.29, 1.82) is 0 Å². The van der Waals surface area contributed by atoms with Crippen LogP contribution in [0.1, 0.15) is 5.69 Å². The van der Waals surface area contributed by atoms with E-state index in [0.717, 1.165) is 11.3 Å². The number of rotatable bonds is 1. The molecule has 0 N–H and O–H groups in total. The fourth-order valence-corrected chi connectivity index (χ4v) is 2.08. The van der Waals surface area contributed by atoms with Crippen LogP contribution in [0.5, 0.6) is 0 Å². The molecular weight excluding hydrogens is 243 g/mol. The molecule has 0 fully saturated rings. The van der Waals surface area contributed by atoms with Gasteiger partial charge < -0.3 is 0 Å².